The molecule has 2 aromatic rings. The molecule has 0 aliphatic rings. The van der Waals surface area contributed by atoms with Crippen LogP contribution in [0.3, 0.4) is 0 Å². The van der Waals surface area contributed by atoms with Crippen molar-refractivity contribution < 1.29 is 4.39 Å². The van der Waals surface area contributed by atoms with Crippen LogP contribution >= 0.6 is 35.3 Å². The summed E-state index contributed by atoms with van der Waals surface area (Å²) in [6.45, 7) is 6.47. The Morgan fingerprint density at radius 1 is 1.22 bits per heavy atom. The van der Waals surface area contributed by atoms with Gasteiger partial charge in [0, 0.05) is 45.0 Å². The summed E-state index contributed by atoms with van der Waals surface area (Å²) in [7, 11) is 3.67. The van der Waals surface area contributed by atoms with E-state index in [1.54, 1.807) is 30.5 Å². The maximum absolute atomic E-state index is 13.7. The normalized spacial score (nSPS) is 11.1. The number of para-hydroxylation sites is 1. The van der Waals surface area contributed by atoms with E-state index >= 15 is 0 Å². The second-order valence-electron chi connectivity index (χ2n) is 6.15. The molecule has 2 N–H and O–H groups in total. The van der Waals surface area contributed by atoms with E-state index in [0.717, 1.165) is 49.1 Å². The quantitative estimate of drug-likeness (QED) is 0.249. The number of hydrogen-bond donors (Lipinski definition) is 2. The first-order valence-corrected chi connectivity index (χ1v) is 9.66. The van der Waals surface area contributed by atoms with Crippen molar-refractivity contribution in [3.63, 3.8) is 0 Å². The van der Waals surface area contributed by atoms with Crippen LogP contribution in [-0.4, -0.2) is 44.7 Å². The van der Waals surface area contributed by atoms with E-state index in [9.17, 15) is 4.39 Å². The molecule has 150 valence electrons. The Morgan fingerprint density at radius 2 is 1.93 bits per heavy atom. The van der Waals surface area contributed by atoms with Crippen molar-refractivity contribution in [1.29, 1.82) is 0 Å². The molecule has 0 spiro atoms. The fourth-order valence-electron chi connectivity index (χ4n) is 2.56. The van der Waals surface area contributed by atoms with Gasteiger partial charge in [0.15, 0.2) is 5.96 Å². The highest BCUT2D eigenvalue weighted by Crippen LogP contribution is 2.17. The van der Waals surface area contributed by atoms with E-state index in [1.807, 2.05) is 24.9 Å². The van der Waals surface area contributed by atoms with Crippen molar-refractivity contribution in [2.45, 2.75) is 26.7 Å². The summed E-state index contributed by atoms with van der Waals surface area (Å²) < 4.78 is 13.7. The summed E-state index contributed by atoms with van der Waals surface area (Å²) in [5.74, 6) is 0.594. The number of aryl methyl sites for hydroxylation is 2. The van der Waals surface area contributed by atoms with Crippen LogP contribution < -0.4 is 15.5 Å². The molecule has 0 atom stereocenters. The van der Waals surface area contributed by atoms with Gasteiger partial charge in [0.2, 0.25) is 0 Å². The predicted octanol–water partition coefficient (Wildman–Crippen LogP) is 3.75. The fourth-order valence-corrected chi connectivity index (χ4v) is 3.49. The topological polar surface area (TPSA) is 52.6 Å². The first-order chi connectivity index (χ1) is 12.5. The lowest BCUT2D eigenvalue weighted by Crippen LogP contribution is -2.39. The van der Waals surface area contributed by atoms with E-state index < -0.39 is 0 Å². The smallest absolute Gasteiger partial charge is 0.190 e. The van der Waals surface area contributed by atoms with Crippen LogP contribution in [0.5, 0.6) is 0 Å². The summed E-state index contributed by atoms with van der Waals surface area (Å²) >= 11 is 1.75. The highest BCUT2D eigenvalue weighted by atomic mass is 127. The van der Waals surface area contributed by atoms with Crippen molar-refractivity contribution in [1.82, 2.24) is 15.6 Å². The largest absolute Gasteiger partial charge is 0.372 e. The number of rotatable bonds is 8. The van der Waals surface area contributed by atoms with E-state index in [2.05, 4.69) is 27.5 Å². The summed E-state index contributed by atoms with van der Waals surface area (Å²) in [4.78, 5) is 12.0. The molecule has 1 aromatic heterocycles. The maximum atomic E-state index is 13.7. The number of nitrogens with one attached hydrogen (secondary N) is 2. The maximum Gasteiger partial charge on any atom is 0.190 e. The van der Waals surface area contributed by atoms with Crippen LogP contribution in [0.15, 0.2) is 29.3 Å². The van der Waals surface area contributed by atoms with Crippen LogP contribution in [0, 0.1) is 19.7 Å². The molecule has 0 amide bonds. The molecule has 2 rings (SSSR count). The van der Waals surface area contributed by atoms with Gasteiger partial charge in [-0.2, -0.15) is 0 Å². The molecule has 0 aliphatic heterocycles. The Labute approximate surface area is 182 Å². The number of halogens is 2. The van der Waals surface area contributed by atoms with E-state index in [4.69, 9.17) is 0 Å². The second-order valence-corrected chi connectivity index (χ2v) is 7.44. The molecule has 0 saturated heterocycles. The minimum absolute atomic E-state index is 0. The van der Waals surface area contributed by atoms with Gasteiger partial charge in [0.25, 0.3) is 0 Å². The van der Waals surface area contributed by atoms with Crippen molar-refractivity contribution >= 4 is 47.0 Å². The molecule has 0 fully saturated rings. The zero-order chi connectivity index (χ0) is 18.9. The number of aromatic nitrogens is 1. The van der Waals surface area contributed by atoms with Gasteiger partial charge < -0.3 is 15.5 Å². The summed E-state index contributed by atoms with van der Waals surface area (Å²) in [5.41, 5.74) is 1.75. The van der Waals surface area contributed by atoms with Gasteiger partial charge in [-0.15, -0.1) is 35.3 Å². The van der Waals surface area contributed by atoms with E-state index in [1.165, 1.54) is 10.9 Å². The number of guanidine groups is 1. The number of benzene rings is 1. The molecule has 27 heavy (non-hydrogen) atoms. The SMILES string of the molecule is CN=C(NCCCN(C)c1ccccc1F)NCCc1nc(C)c(C)s1.I. The third-order valence-corrected chi connectivity index (χ3v) is 5.29. The minimum Gasteiger partial charge on any atom is -0.372 e. The van der Waals surface area contributed by atoms with Gasteiger partial charge in [-0.25, -0.2) is 9.37 Å². The second kappa shape index (κ2) is 12.1. The van der Waals surface area contributed by atoms with Crippen LogP contribution in [0.25, 0.3) is 0 Å². The first-order valence-electron chi connectivity index (χ1n) is 8.84. The van der Waals surface area contributed by atoms with Gasteiger partial charge in [-0.3, -0.25) is 4.99 Å². The number of hydrogen-bond acceptors (Lipinski definition) is 4. The highest BCUT2D eigenvalue weighted by Gasteiger charge is 2.07. The molecule has 1 heterocycles. The lowest BCUT2D eigenvalue weighted by molar-refractivity contribution is 0.619. The molecule has 8 heteroatoms. The van der Waals surface area contributed by atoms with Crippen LogP contribution in [-0.2, 0) is 6.42 Å². The van der Waals surface area contributed by atoms with Gasteiger partial charge in [0.05, 0.1) is 16.4 Å². The Kier molecular flexibility index (Phi) is 10.6. The highest BCUT2D eigenvalue weighted by molar-refractivity contribution is 14.0. The van der Waals surface area contributed by atoms with Gasteiger partial charge in [0.1, 0.15) is 5.82 Å². The molecule has 0 bridgehead atoms. The molecule has 1 aromatic carbocycles. The minimum atomic E-state index is -0.187. The number of thiazole rings is 1. The molecule has 0 radical (unpaired) electrons. The average Bonchev–Trinajstić information content (AvgIpc) is 2.95. The van der Waals surface area contributed by atoms with Gasteiger partial charge in [-0.1, -0.05) is 12.1 Å². The van der Waals surface area contributed by atoms with Crippen LogP contribution in [0.2, 0.25) is 0 Å². The summed E-state index contributed by atoms with van der Waals surface area (Å²) in [6.07, 6.45) is 1.77. The molecular weight excluding hydrogens is 476 g/mol. The average molecular weight is 505 g/mol. The van der Waals surface area contributed by atoms with Crippen molar-refractivity contribution in [3.05, 3.63) is 45.7 Å². The third kappa shape index (κ3) is 7.61. The van der Waals surface area contributed by atoms with Gasteiger partial charge in [-0.05, 0) is 32.4 Å². The number of anilines is 1. The number of nitrogens with zero attached hydrogens (tertiary/aromatic N) is 3. The molecular formula is C19H29FIN5S. The van der Waals surface area contributed by atoms with Gasteiger partial charge >= 0.3 is 0 Å². The van der Waals surface area contributed by atoms with Crippen molar-refractivity contribution in [2.24, 2.45) is 4.99 Å². The van der Waals surface area contributed by atoms with E-state index in [0.29, 0.717) is 5.69 Å². The molecule has 0 unspecified atom stereocenters. The number of aliphatic imine (C=N–C) groups is 1. The lowest BCUT2D eigenvalue weighted by atomic mass is 10.2. The lowest BCUT2D eigenvalue weighted by Gasteiger charge is -2.20. The molecule has 0 saturated carbocycles. The zero-order valence-corrected chi connectivity index (χ0v) is 19.5. The molecule has 0 aliphatic carbocycles. The van der Waals surface area contributed by atoms with E-state index in [-0.39, 0.29) is 29.8 Å². The molecule has 5 nitrogen and oxygen atoms in total. The Morgan fingerprint density at radius 3 is 2.56 bits per heavy atom. The monoisotopic (exact) mass is 505 g/mol. The zero-order valence-electron chi connectivity index (χ0n) is 16.4. The van der Waals surface area contributed by atoms with Crippen LogP contribution in [0.1, 0.15) is 22.0 Å². The third-order valence-electron chi connectivity index (χ3n) is 4.15. The summed E-state index contributed by atoms with van der Waals surface area (Å²) in [5, 5.41) is 7.75. The van der Waals surface area contributed by atoms with Crippen molar-refractivity contribution in [3.8, 4) is 0 Å². The fraction of sp³-hybridized carbons (Fsp3) is 0.474. The first kappa shape index (κ1) is 23.6. The van der Waals surface area contributed by atoms with Crippen molar-refractivity contribution in [2.75, 3.05) is 38.6 Å². The Bertz CT molecular complexity index is 715. The Hall–Kier alpha value is -1.42. The summed E-state index contributed by atoms with van der Waals surface area (Å²) in [6, 6.07) is 6.84. The predicted molar refractivity (Wildman–Crippen MR) is 124 cm³/mol. The Balaban J connectivity index is 0.00000364. The standard InChI is InChI=1S/C19H28FN5S.HI/c1-14-15(2)26-18(24-14)10-12-23-19(21-3)22-11-7-13-25(4)17-9-6-5-8-16(17)20;/h5-6,8-9H,7,10-13H2,1-4H3,(H2,21,22,23);1H. The van der Waals surface area contributed by atoms with Crippen LogP contribution in [0.4, 0.5) is 10.1 Å².